The van der Waals surface area contributed by atoms with Gasteiger partial charge in [0.25, 0.3) is 5.56 Å². The van der Waals surface area contributed by atoms with Crippen LogP contribution in [0, 0.1) is 29.1 Å². The maximum atomic E-state index is 12.3. The number of piperidine rings is 1. The Kier molecular flexibility index (Phi) is 3.52. The van der Waals surface area contributed by atoms with E-state index in [4.69, 9.17) is 6.42 Å². The molecule has 2 aliphatic rings. The number of hydrogen-bond donors (Lipinski definition) is 2. The normalized spacial score (nSPS) is 19.4. The molecule has 2 N–H and O–H groups in total. The molecule has 3 heterocycles. The second-order valence-electron chi connectivity index (χ2n) is 7.00. The van der Waals surface area contributed by atoms with Crippen LogP contribution in [0.3, 0.4) is 0 Å². The highest BCUT2D eigenvalue weighted by molar-refractivity contribution is 5.94. The monoisotopic (exact) mass is 334 g/mol. The number of pyridine rings is 2. The molecule has 6 heteroatoms. The van der Waals surface area contributed by atoms with Crippen LogP contribution in [-0.4, -0.2) is 28.2 Å². The second kappa shape index (κ2) is 5.61. The summed E-state index contributed by atoms with van der Waals surface area (Å²) in [5.41, 5.74) is 1.69. The summed E-state index contributed by atoms with van der Waals surface area (Å²) in [5, 5.41) is 20.1. The first-order valence-corrected chi connectivity index (χ1v) is 8.42. The number of fused-ring (bicyclic) bond motifs is 1. The van der Waals surface area contributed by atoms with E-state index in [0.717, 1.165) is 25.9 Å². The second-order valence-corrected chi connectivity index (χ2v) is 7.00. The number of nitrogens with zero attached hydrogens (tertiary/aromatic N) is 3. The fraction of sp³-hybridized carbons (Fsp3) is 0.421. The van der Waals surface area contributed by atoms with Gasteiger partial charge in [0.05, 0.1) is 23.1 Å². The molecule has 2 aromatic rings. The van der Waals surface area contributed by atoms with Crippen LogP contribution < -0.4 is 10.5 Å². The summed E-state index contributed by atoms with van der Waals surface area (Å²) >= 11 is 0. The highest BCUT2D eigenvalue weighted by atomic mass is 16.3. The van der Waals surface area contributed by atoms with Crippen molar-refractivity contribution in [1.82, 2.24) is 9.97 Å². The molecule has 1 saturated carbocycles. The van der Waals surface area contributed by atoms with Crippen LogP contribution in [0.1, 0.15) is 43.0 Å². The highest BCUT2D eigenvalue weighted by Gasteiger charge is 2.44. The molecule has 1 saturated heterocycles. The van der Waals surface area contributed by atoms with E-state index in [2.05, 4.69) is 20.8 Å². The Labute approximate surface area is 145 Å². The molecule has 0 amide bonds. The fourth-order valence-electron chi connectivity index (χ4n) is 3.74. The number of nitriles is 1. The summed E-state index contributed by atoms with van der Waals surface area (Å²) < 4.78 is 0. The number of aromatic amines is 1. The van der Waals surface area contributed by atoms with Crippen molar-refractivity contribution in [3.63, 3.8) is 0 Å². The molecule has 1 aliphatic heterocycles. The van der Waals surface area contributed by atoms with Crippen molar-refractivity contribution in [3.8, 4) is 18.4 Å². The quantitative estimate of drug-likeness (QED) is 0.818. The molecule has 2 aromatic heterocycles. The Morgan fingerprint density at radius 2 is 2.08 bits per heavy atom. The van der Waals surface area contributed by atoms with Crippen molar-refractivity contribution in [2.24, 2.45) is 5.41 Å². The van der Waals surface area contributed by atoms with Crippen molar-refractivity contribution in [1.29, 1.82) is 5.26 Å². The van der Waals surface area contributed by atoms with Crippen LogP contribution in [0.4, 0.5) is 5.69 Å². The van der Waals surface area contributed by atoms with Gasteiger partial charge >= 0.3 is 0 Å². The lowest BCUT2D eigenvalue weighted by atomic mass is 9.92. The number of hydrogen-bond acceptors (Lipinski definition) is 5. The van der Waals surface area contributed by atoms with Gasteiger partial charge in [0, 0.05) is 18.5 Å². The first-order chi connectivity index (χ1) is 12.1. The zero-order valence-electron chi connectivity index (χ0n) is 13.7. The Morgan fingerprint density at radius 1 is 1.36 bits per heavy atom. The Morgan fingerprint density at radius 3 is 2.68 bits per heavy atom. The number of aliphatic hydroxyl groups excluding tert-OH is 1. The van der Waals surface area contributed by atoms with Crippen molar-refractivity contribution >= 4 is 16.6 Å². The molecule has 126 valence electrons. The fourth-order valence-corrected chi connectivity index (χ4v) is 3.74. The van der Waals surface area contributed by atoms with E-state index in [-0.39, 0.29) is 5.56 Å². The van der Waals surface area contributed by atoms with Gasteiger partial charge in [-0.3, -0.25) is 9.78 Å². The van der Waals surface area contributed by atoms with Crippen molar-refractivity contribution in [3.05, 3.63) is 33.9 Å². The summed E-state index contributed by atoms with van der Waals surface area (Å²) in [5.74, 6) is 2.25. The third-order valence-corrected chi connectivity index (χ3v) is 5.54. The van der Waals surface area contributed by atoms with Gasteiger partial charge in [-0.1, -0.05) is 5.92 Å². The Bertz CT molecular complexity index is 981. The van der Waals surface area contributed by atoms with Crippen molar-refractivity contribution in [2.45, 2.75) is 31.8 Å². The first kappa shape index (κ1) is 15.7. The number of H-pyrrole nitrogens is 1. The van der Waals surface area contributed by atoms with Crippen molar-refractivity contribution < 1.29 is 5.11 Å². The molecular weight excluding hydrogens is 316 g/mol. The van der Waals surface area contributed by atoms with E-state index in [1.807, 2.05) is 6.07 Å². The number of terminal acetylenes is 1. The number of anilines is 1. The molecule has 1 aliphatic carbocycles. The van der Waals surface area contributed by atoms with E-state index in [0.29, 0.717) is 27.7 Å². The highest BCUT2D eigenvalue weighted by Crippen LogP contribution is 2.54. The molecule has 6 nitrogen and oxygen atoms in total. The number of rotatable bonds is 2. The van der Waals surface area contributed by atoms with Gasteiger partial charge in [-0.15, -0.1) is 6.42 Å². The minimum Gasteiger partial charge on any atom is -0.374 e. The molecule has 4 rings (SSSR count). The van der Waals surface area contributed by atoms with Crippen LogP contribution in [0.25, 0.3) is 10.9 Å². The van der Waals surface area contributed by atoms with E-state index >= 15 is 0 Å². The van der Waals surface area contributed by atoms with E-state index < -0.39 is 11.7 Å². The third-order valence-electron chi connectivity index (χ3n) is 5.54. The van der Waals surface area contributed by atoms with Crippen LogP contribution in [-0.2, 0) is 0 Å². The first-order valence-electron chi connectivity index (χ1n) is 8.42. The van der Waals surface area contributed by atoms with Crippen LogP contribution in [0.15, 0.2) is 17.1 Å². The average molecular weight is 334 g/mol. The molecule has 2 fully saturated rings. The smallest absolute Gasteiger partial charge is 0.268 e. The van der Waals surface area contributed by atoms with Gasteiger partial charge in [-0.25, -0.2) is 0 Å². The summed E-state index contributed by atoms with van der Waals surface area (Å²) in [6.45, 7) is 1.64. The predicted octanol–water partition coefficient (Wildman–Crippen LogP) is 1.84. The topological polar surface area (TPSA) is 93.0 Å². The van der Waals surface area contributed by atoms with Gasteiger partial charge in [0.15, 0.2) is 6.10 Å². The minimum atomic E-state index is -1.12. The molecule has 25 heavy (non-hydrogen) atoms. The lowest BCUT2D eigenvalue weighted by Crippen LogP contribution is -2.36. The van der Waals surface area contributed by atoms with E-state index in [1.165, 1.54) is 19.0 Å². The van der Waals surface area contributed by atoms with Gasteiger partial charge in [-0.05, 0) is 37.2 Å². The summed E-state index contributed by atoms with van der Waals surface area (Å²) in [6, 6.07) is 3.72. The molecule has 1 spiro atoms. The maximum Gasteiger partial charge on any atom is 0.268 e. The number of aromatic nitrogens is 2. The Hall–Kier alpha value is -2.83. The van der Waals surface area contributed by atoms with Crippen molar-refractivity contribution in [2.75, 3.05) is 18.0 Å². The molecule has 0 bridgehead atoms. The van der Waals surface area contributed by atoms with E-state index in [1.54, 1.807) is 6.07 Å². The summed E-state index contributed by atoms with van der Waals surface area (Å²) in [7, 11) is 0. The molecule has 0 radical (unpaired) electrons. The van der Waals surface area contributed by atoms with Gasteiger partial charge in [0.2, 0.25) is 0 Å². The lowest BCUT2D eigenvalue weighted by Gasteiger charge is -2.34. The van der Waals surface area contributed by atoms with Crippen LogP contribution in [0.5, 0.6) is 0 Å². The third kappa shape index (κ3) is 2.56. The standard InChI is InChI=1S/C19H18N4O2/c1-2-16(24)14-9-12-15(11-21-14)22-18(25)13(10-20)17(12)23-7-5-19(3-4-19)6-8-23/h1,9,11,16,24H,3-8H2,(H,22,25). The number of aliphatic hydroxyl groups is 1. The molecule has 1 atom stereocenters. The maximum absolute atomic E-state index is 12.3. The SMILES string of the molecule is C#CC(O)c1cc2c(N3CCC4(CC3)CC4)c(C#N)c(=O)[nH]c2cn1. The van der Waals surface area contributed by atoms with Gasteiger partial charge in [-0.2, -0.15) is 5.26 Å². The van der Waals surface area contributed by atoms with Gasteiger partial charge in [0.1, 0.15) is 11.6 Å². The van der Waals surface area contributed by atoms with Gasteiger partial charge < -0.3 is 15.0 Å². The van der Waals surface area contributed by atoms with Crippen LogP contribution >= 0.6 is 0 Å². The molecular formula is C19H18N4O2. The largest absolute Gasteiger partial charge is 0.374 e. The molecule has 1 unspecified atom stereocenters. The van der Waals surface area contributed by atoms with E-state index in [9.17, 15) is 15.2 Å². The average Bonchev–Trinajstić information content (AvgIpc) is 3.39. The Balaban J connectivity index is 1.88. The summed E-state index contributed by atoms with van der Waals surface area (Å²) in [4.78, 5) is 21.3. The zero-order valence-corrected chi connectivity index (χ0v) is 13.7. The molecule has 0 aromatic carbocycles. The van der Waals surface area contributed by atoms with Crippen LogP contribution in [0.2, 0.25) is 0 Å². The summed E-state index contributed by atoms with van der Waals surface area (Å²) in [6.07, 6.45) is 10.4. The minimum absolute atomic E-state index is 0.103. The zero-order chi connectivity index (χ0) is 17.6. The lowest BCUT2D eigenvalue weighted by molar-refractivity contribution is 0.234. The number of nitrogens with one attached hydrogen (secondary N) is 1. The predicted molar refractivity (Wildman–Crippen MR) is 94.0 cm³/mol.